The zero-order valence-electron chi connectivity index (χ0n) is 8.62. The van der Waals surface area contributed by atoms with Gasteiger partial charge in [-0.05, 0) is 24.3 Å². The predicted molar refractivity (Wildman–Crippen MR) is 62.2 cm³/mol. The fourth-order valence-corrected chi connectivity index (χ4v) is 2.23. The van der Waals surface area contributed by atoms with E-state index in [2.05, 4.69) is 15.6 Å². The maximum Gasteiger partial charge on any atom is 0.249 e. The molecule has 0 saturated heterocycles. The molecule has 86 valence electrons. The highest BCUT2D eigenvalue weighted by Gasteiger charge is 2.21. The van der Waals surface area contributed by atoms with Gasteiger partial charge in [0.2, 0.25) is 11.1 Å². The molecule has 2 N–H and O–H groups in total. The highest BCUT2D eigenvalue weighted by atomic mass is 32.2. The van der Waals surface area contributed by atoms with E-state index in [1.807, 2.05) is 0 Å². The van der Waals surface area contributed by atoms with Crippen LogP contribution in [0.5, 0.6) is 5.75 Å². The number of phenols is 1. The first-order chi connectivity index (χ1) is 8.24. The van der Waals surface area contributed by atoms with Gasteiger partial charge in [-0.2, -0.15) is 0 Å². The second kappa shape index (κ2) is 3.77. The summed E-state index contributed by atoms with van der Waals surface area (Å²) < 4.78 is 1.56. The van der Waals surface area contributed by atoms with Gasteiger partial charge in [-0.25, -0.2) is 4.68 Å². The molecule has 1 aliphatic rings. The summed E-state index contributed by atoms with van der Waals surface area (Å²) in [6.45, 7) is 0. The molecule has 1 aromatic carbocycles. The van der Waals surface area contributed by atoms with Crippen molar-refractivity contribution in [2.24, 2.45) is 0 Å². The van der Waals surface area contributed by atoms with Gasteiger partial charge in [0.25, 0.3) is 0 Å². The van der Waals surface area contributed by atoms with E-state index in [1.165, 1.54) is 11.8 Å². The van der Waals surface area contributed by atoms with Gasteiger partial charge >= 0.3 is 0 Å². The average molecular weight is 248 g/mol. The van der Waals surface area contributed by atoms with Crippen LogP contribution in [-0.2, 0) is 4.79 Å². The zero-order chi connectivity index (χ0) is 11.8. The Morgan fingerprint density at radius 2 is 2.06 bits per heavy atom. The number of hydrogen-bond donors (Lipinski definition) is 2. The fourth-order valence-electron chi connectivity index (χ4n) is 1.55. The number of carbonyl (C=O) groups excluding carboxylic acids is 1. The van der Waals surface area contributed by atoms with Gasteiger partial charge in [-0.1, -0.05) is 11.8 Å². The van der Waals surface area contributed by atoms with E-state index in [0.29, 0.717) is 16.7 Å². The Hall–Kier alpha value is -2.02. The Balaban J connectivity index is 2.07. The Morgan fingerprint density at radius 3 is 2.82 bits per heavy atom. The molecule has 0 fully saturated rings. The van der Waals surface area contributed by atoms with Gasteiger partial charge in [0.1, 0.15) is 5.75 Å². The topological polar surface area (TPSA) is 80.0 Å². The van der Waals surface area contributed by atoms with E-state index in [9.17, 15) is 9.90 Å². The molecule has 0 radical (unpaired) electrons. The standard InChI is InChI=1S/C10H8N4O2S/c15-7-3-1-6(2-4-7)9-11-12-10-14(9)13-8(16)5-17-10/h1-4,15H,5H2,(H,13,16). The van der Waals surface area contributed by atoms with Crippen LogP contribution in [0.2, 0.25) is 0 Å². The first-order valence-electron chi connectivity index (χ1n) is 4.91. The number of fused-ring (bicyclic) bond motifs is 1. The van der Waals surface area contributed by atoms with Crippen molar-refractivity contribution in [1.82, 2.24) is 14.9 Å². The number of phenolic OH excluding ortho intramolecular Hbond substituents is 1. The highest BCUT2D eigenvalue weighted by Crippen LogP contribution is 2.26. The summed E-state index contributed by atoms with van der Waals surface area (Å²) in [6, 6.07) is 6.57. The van der Waals surface area contributed by atoms with Gasteiger partial charge in [0, 0.05) is 5.56 Å². The van der Waals surface area contributed by atoms with Crippen LogP contribution in [0, 0.1) is 0 Å². The smallest absolute Gasteiger partial charge is 0.249 e. The molecule has 17 heavy (non-hydrogen) atoms. The molecule has 0 atom stereocenters. The number of aromatic nitrogens is 3. The van der Waals surface area contributed by atoms with E-state index >= 15 is 0 Å². The molecule has 0 bridgehead atoms. The van der Waals surface area contributed by atoms with Gasteiger partial charge in [0.05, 0.1) is 5.75 Å². The number of aromatic hydroxyl groups is 1. The van der Waals surface area contributed by atoms with E-state index in [1.54, 1.807) is 28.9 Å². The molecule has 2 aromatic rings. The number of amides is 1. The predicted octanol–water partition coefficient (Wildman–Crippen LogP) is 0.827. The summed E-state index contributed by atoms with van der Waals surface area (Å²) in [4.78, 5) is 11.3. The zero-order valence-corrected chi connectivity index (χ0v) is 9.44. The summed E-state index contributed by atoms with van der Waals surface area (Å²) in [7, 11) is 0. The van der Waals surface area contributed by atoms with E-state index < -0.39 is 0 Å². The summed E-state index contributed by atoms with van der Waals surface area (Å²) in [5.41, 5.74) is 3.47. The second-order valence-corrected chi connectivity index (χ2v) is 4.45. The van der Waals surface area contributed by atoms with Crippen LogP contribution < -0.4 is 5.43 Å². The lowest BCUT2D eigenvalue weighted by molar-refractivity contribution is -0.114. The fraction of sp³-hybridized carbons (Fsp3) is 0.100. The van der Waals surface area contributed by atoms with Crippen molar-refractivity contribution in [3.05, 3.63) is 24.3 Å². The average Bonchev–Trinajstić information content (AvgIpc) is 2.73. The number of nitrogens with zero attached hydrogens (tertiary/aromatic N) is 3. The number of hydrogen-bond acceptors (Lipinski definition) is 5. The maximum atomic E-state index is 11.3. The highest BCUT2D eigenvalue weighted by molar-refractivity contribution is 7.99. The number of thioether (sulfide) groups is 1. The lowest BCUT2D eigenvalue weighted by atomic mass is 10.2. The lowest BCUT2D eigenvalue weighted by Gasteiger charge is -2.15. The van der Waals surface area contributed by atoms with E-state index in [0.717, 1.165) is 5.56 Å². The summed E-state index contributed by atoms with van der Waals surface area (Å²) in [5.74, 6) is 1.02. The van der Waals surface area contributed by atoms with Gasteiger partial charge in [0.15, 0.2) is 5.82 Å². The molecule has 3 rings (SSSR count). The monoisotopic (exact) mass is 248 g/mol. The molecule has 0 unspecified atom stereocenters. The molecule has 0 spiro atoms. The van der Waals surface area contributed by atoms with E-state index in [-0.39, 0.29) is 11.7 Å². The third-order valence-electron chi connectivity index (χ3n) is 2.33. The van der Waals surface area contributed by atoms with Gasteiger partial charge < -0.3 is 5.11 Å². The van der Waals surface area contributed by atoms with Crippen LogP contribution in [-0.4, -0.2) is 31.6 Å². The van der Waals surface area contributed by atoms with Crippen LogP contribution in [0.25, 0.3) is 11.4 Å². The first-order valence-corrected chi connectivity index (χ1v) is 5.90. The molecule has 7 heteroatoms. The first kappa shape index (κ1) is 10.2. The Bertz CT molecular complexity index is 578. The minimum atomic E-state index is -0.0812. The molecule has 2 heterocycles. The van der Waals surface area contributed by atoms with Crippen molar-refractivity contribution in [1.29, 1.82) is 0 Å². The SMILES string of the molecule is O=C1CSc2nnc(-c3ccc(O)cc3)n2N1. The third kappa shape index (κ3) is 1.74. The van der Waals surface area contributed by atoms with Crippen LogP contribution >= 0.6 is 11.8 Å². The molecule has 0 saturated carbocycles. The molecule has 1 aromatic heterocycles. The van der Waals surface area contributed by atoms with Crippen LogP contribution in [0.15, 0.2) is 29.4 Å². The largest absolute Gasteiger partial charge is 0.508 e. The second-order valence-electron chi connectivity index (χ2n) is 3.51. The maximum absolute atomic E-state index is 11.3. The Morgan fingerprint density at radius 1 is 1.29 bits per heavy atom. The Kier molecular flexibility index (Phi) is 2.25. The molecule has 1 aliphatic heterocycles. The van der Waals surface area contributed by atoms with Gasteiger partial charge in [-0.3, -0.25) is 10.2 Å². The lowest BCUT2D eigenvalue weighted by Crippen LogP contribution is -2.29. The molecular weight excluding hydrogens is 240 g/mol. The van der Waals surface area contributed by atoms with E-state index in [4.69, 9.17) is 0 Å². The molecule has 0 aliphatic carbocycles. The third-order valence-corrected chi connectivity index (χ3v) is 3.26. The normalized spacial score (nSPS) is 14.2. The molecule has 6 nitrogen and oxygen atoms in total. The number of rotatable bonds is 1. The van der Waals surface area contributed by atoms with Crippen molar-refractivity contribution in [2.75, 3.05) is 11.2 Å². The van der Waals surface area contributed by atoms with Crippen molar-refractivity contribution in [2.45, 2.75) is 5.16 Å². The van der Waals surface area contributed by atoms with Crippen molar-refractivity contribution < 1.29 is 9.90 Å². The molecular formula is C10H8N4O2S. The van der Waals surface area contributed by atoms with Gasteiger partial charge in [-0.15, -0.1) is 10.2 Å². The summed E-state index contributed by atoms with van der Waals surface area (Å²) in [6.07, 6.45) is 0. The van der Waals surface area contributed by atoms with Crippen molar-refractivity contribution in [3.63, 3.8) is 0 Å². The number of benzene rings is 1. The Labute approximate surface area is 101 Å². The van der Waals surface area contributed by atoms with Crippen LogP contribution in [0.3, 0.4) is 0 Å². The quantitative estimate of drug-likeness (QED) is 0.781. The summed E-state index contributed by atoms with van der Waals surface area (Å²) in [5, 5.41) is 17.9. The number of carbonyl (C=O) groups is 1. The van der Waals surface area contributed by atoms with Crippen molar-refractivity contribution in [3.8, 4) is 17.1 Å². The van der Waals surface area contributed by atoms with Crippen molar-refractivity contribution >= 4 is 17.7 Å². The van der Waals surface area contributed by atoms with Crippen LogP contribution in [0.1, 0.15) is 0 Å². The molecule has 1 amide bonds. The number of nitrogens with one attached hydrogen (secondary N) is 1. The minimum absolute atomic E-state index is 0.0812. The minimum Gasteiger partial charge on any atom is -0.508 e. The van der Waals surface area contributed by atoms with Crippen LogP contribution in [0.4, 0.5) is 0 Å². The summed E-state index contributed by atoms with van der Waals surface area (Å²) >= 11 is 1.34.